The quantitative estimate of drug-likeness (QED) is 0.0803. The molecule has 6 rings (SSSR count). The lowest BCUT2D eigenvalue weighted by molar-refractivity contribution is -0.0407. The second-order valence-electron chi connectivity index (χ2n) is 18.7. The first-order chi connectivity index (χ1) is 31.0. The van der Waals surface area contributed by atoms with Gasteiger partial charge in [-0.3, -0.25) is 0 Å². The van der Waals surface area contributed by atoms with Crippen molar-refractivity contribution >= 4 is 15.9 Å². The molecule has 1 aliphatic heterocycles. The maximum Gasteiger partial charge on any atom is 0.271 e. The van der Waals surface area contributed by atoms with Gasteiger partial charge in [0, 0.05) is 51.4 Å². The van der Waals surface area contributed by atoms with E-state index >= 15 is 8.78 Å². The molecule has 362 valence electrons. The third-order valence-electron chi connectivity index (χ3n) is 11.7. The van der Waals surface area contributed by atoms with Crippen molar-refractivity contribution in [2.75, 3.05) is 19.7 Å². The summed E-state index contributed by atoms with van der Waals surface area (Å²) in [5.41, 5.74) is 3.62. The van der Waals surface area contributed by atoms with Crippen LogP contribution in [0.4, 0.5) is 22.0 Å². The monoisotopic (exact) mass is 934 g/mol. The first-order valence-corrected chi connectivity index (χ1v) is 25.1. The summed E-state index contributed by atoms with van der Waals surface area (Å²) >= 11 is 0. The van der Waals surface area contributed by atoms with Gasteiger partial charge in [-0.05, 0) is 151 Å². The molecule has 0 spiro atoms. The number of alkyl halides is 2. The van der Waals surface area contributed by atoms with Crippen LogP contribution >= 0.6 is 10.3 Å². The van der Waals surface area contributed by atoms with Gasteiger partial charge in [-0.2, -0.15) is 0 Å². The maximum atomic E-state index is 15.7. The van der Waals surface area contributed by atoms with Gasteiger partial charge in [0.1, 0.15) is 29.7 Å². The molecule has 1 fully saturated rings. The molecule has 1 saturated heterocycles. The lowest BCUT2D eigenvalue weighted by Gasteiger charge is -2.50. The molecule has 2 aliphatic rings. The second-order valence-corrected chi connectivity index (χ2v) is 22.2. The first kappa shape index (κ1) is 55.8. The summed E-state index contributed by atoms with van der Waals surface area (Å²) in [6.45, 7) is 34.3. The Hall–Kier alpha value is -4.52. The molecule has 0 bridgehead atoms. The fourth-order valence-electron chi connectivity index (χ4n) is 8.08. The first-order valence-electron chi connectivity index (χ1n) is 23.5. The maximum absolute atomic E-state index is 15.7. The van der Waals surface area contributed by atoms with Crippen LogP contribution in [0.2, 0.25) is 0 Å². The van der Waals surface area contributed by atoms with E-state index in [1.165, 1.54) is 31.2 Å². The minimum absolute atomic E-state index is 0.0170. The zero-order valence-electron chi connectivity index (χ0n) is 42.3. The predicted molar refractivity (Wildman–Crippen MR) is 268 cm³/mol. The molecule has 1 unspecified atom stereocenters. The largest absolute Gasteiger partial charge is 0.474 e. The van der Waals surface area contributed by atoms with E-state index in [1.54, 1.807) is 6.07 Å². The Kier molecular flexibility index (Phi) is 20.3. The molecule has 9 heteroatoms. The fraction of sp³-hybridized carbons (Fsp3) is 0.474. The fourth-order valence-corrected chi connectivity index (χ4v) is 11.8. The molecule has 1 aliphatic carbocycles. The number of allylic oxidation sites excluding steroid dienone is 2. The van der Waals surface area contributed by atoms with Crippen LogP contribution in [0.1, 0.15) is 144 Å². The highest BCUT2D eigenvalue weighted by Gasteiger charge is 2.44. The highest BCUT2D eigenvalue weighted by Crippen LogP contribution is 2.71. The van der Waals surface area contributed by atoms with E-state index in [0.29, 0.717) is 17.9 Å². The summed E-state index contributed by atoms with van der Waals surface area (Å²) < 4.78 is 85.1. The lowest BCUT2D eigenvalue weighted by atomic mass is 9.80. The van der Waals surface area contributed by atoms with Crippen LogP contribution in [0.3, 0.4) is 0 Å². The van der Waals surface area contributed by atoms with Gasteiger partial charge < -0.3 is 13.8 Å². The Labute approximate surface area is 396 Å². The summed E-state index contributed by atoms with van der Waals surface area (Å²) in [4.78, 5) is 3.99. The SMILES string of the molecule is C=C(OC(C)(C)C)N1CC(C(C)c2cc(F)c([C@H]3C#C[C@H](C)CC(c4cc(F)ccc4C)=C3C)c(F)c2)C1.CC.CC.CCC(F)(F)COS(c1ccccc1)(c1ccccc1)C(C)(C)C. The molecule has 0 saturated carbocycles. The van der Waals surface area contributed by atoms with Crippen molar-refractivity contribution in [3.05, 3.63) is 149 Å². The summed E-state index contributed by atoms with van der Waals surface area (Å²) in [5, 5.41) is 0. The van der Waals surface area contributed by atoms with Crippen LogP contribution in [0.5, 0.6) is 0 Å². The van der Waals surface area contributed by atoms with Gasteiger partial charge in [-0.25, -0.2) is 22.0 Å². The van der Waals surface area contributed by atoms with E-state index in [1.807, 2.05) is 137 Å². The van der Waals surface area contributed by atoms with Crippen LogP contribution in [0, 0.1) is 48.1 Å². The number of likely N-dealkylation sites (tertiary alicyclic amines) is 1. The minimum Gasteiger partial charge on any atom is -0.474 e. The van der Waals surface area contributed by atoms with Gasteiger partial charge in [0.15, 0.2) is 5.88 Å². The van der Waals surface area contributed by atoms with Crippen LogP contribution in [-0.4, -0.2) is 40.9 Å². The Balaban J connectivity index is 0.000000355. The number of rotatable bonds is 12. The van der Waals surface area contributed by atoms with E-state index in [9.17, 15) is 13.2 Å². The number of ether oxygens (including phenoxy) is 1. The number of benzene rings is 4. The third kappa shape index (κ3) is 13.8. The zero-order valence-corrected chi connectivity index (χ0v) is 43.1. The van der Waals surface area contributed by atoms with Gasteiger partial charge in [0.25, 0.3) is 5.92 Å². The van der Waals surface area contributed by atoms with E-state index in [4.69, 9.17) is 8.92 Å². The molecule has 1 heterocycles. The summed E-state index contributed by atoms with van der Waals surface area (Å²) in [6.07, 6.45) is 0.372. The second kappa shape index (κ2) is 24.0. The van der Waals surface area contributed by atoms with Gasteiger partial charge >= 0.3 is 0 Å². The van der Waals surface area contributed by atoms with Crippen molar-refractivity contribution in [1.29, 1.82) is 0 Å². The molecule has 0 amide bonds. The summed E-state index contributed by atoms with van der Waals surface area (Å²) in [7, 11) is -2.09. The topological polar surface area (TPSA) is 21.7 Å². The van der Waals surface area contributed by atoms with Crippen LogP contribution in [0.25, 0.3) is 5.57 Å². The van der Waals surface area contributed by atoms with Gasteiger partial charge in [0.2, 0.25) is 0 Å². The minimum atomic E-state index is -2.83. The van der Waals surface area contributed by atoms with Crippen molar-refractivity contribution in [2.24, 2.45) is 11.8 Å². The van der Waals surface area contributed by atoms with E-state index in [-0.39, 0.29) is 45.9 Å². The Morgan fingerprint density at radius 1 is 0.803 bits per heavy atom. The average Bonchev–Trinajstić information content (AvgIpc) is 3.39. The van der Waals surface area contributed by atoms with Gasteiger partial charge in [0.05, 0.1) is 5.92 Å². The number of aryl methyl sites for hydroxylation is 1. The number of hydrogen-bond acceptors (Lipinski definition) is 3. The van der Waals surface area contributed by atoms with Gasteiger partial charge in [-0.1, -0.05) is 113 Å². The average molecular weight is 934 g/mol. The van der Waals surface area contributed by atoms with Crippen LogP contribution < -0.4 is 0 Å². The summed E-state index contributed by atoms with van der Waals surface area (Å²) in [5.74, 6) is 2.04. The zero-order chi connectivity index (χ0) is 49.8. The number of hydrogen-bond donors (Lipinski definition) is 0. The van der Waals surface area contributed by atoms with Crippen molar-refractivity contribution in [3.63, 3.8) is 0 Å². The smallest absolute Gasteiger partial charge is 0.271 e. The van der Waals surface area contributed by atoms with E-state index in [2.05, 4.69) is 44.1 Å². The highest BCUT2D eigenvalue weighted by atomic mass is 32.3. The number of halogens is 5. The lowest BCUT2D eigenvalue weighted by Crippen LogP contribution is -2.49. The van der Waals surface area contributed by atoms with Crippen molar-refractivity contribution in [2.45, 2.75) is 155 Å². The summed E-state index contributed by atoms with van der Waals surface area (Å²) in [6, 6.07) is 27.1. The normalized spacial score (nSPS) is 17.2. The molecule has 4 aromatic rings. The van der Waals surface area contributed by atoms with E-state index in [0.717, 1.165) is 45.2 Å². The molecule has 0 N–H and O–H groups in total. The molecular formula is C57H76F5NO2S. The molecule has 0 radical (unpaired) electrons. The Morgan fingerprint density at radius 2 is 1.32 bits per heavy atom. The van der Waals surface area contributed by atoms with E-state index < -0.39 is 40.4 Å². The number of nitrogens with zero attached hydrogens (tertiary/aromatic N) is 1. The predicted octanol–water partition coefficient (Wildman–Crippen LogP) is 17.1. The highest BCUT2D eigenvalue weighted by molar-refractivity contribution is 8.31. The Bertz CT molecular complexity index is 2220. The van der Waals surface area contributed by atoms with Crippen molar-refractivity contribution in [1.82, 2.24) is 4.90 Å². The van der Waals surface area contributed by atoms with Crippen molar-refractivity contribution in [3.8, 4) is 11.8 Å². The molecule has 0 aromatic heterocycles. The van der Waals surface area contributed by atoms with Crippen molar-refractivity contribution < 1.29 is 30.9 Å². The molecular weight excluding hydrogens is 858 g/mol. The molecule has 3 nitrogen and oxygen atoms in total. The van der Waals surface area contributed by atoms with Gasteiger partial charge in [-0.15, -0.1) is 0 Å². The molecule has 4 aromatic carbocycles. The Morgan fingerprint density at radius 3 is 1.79 bits per heavy atom. The standard InChI is InChI=1S/C33H38F3NO.C20H26F2OS.2C2H6/c1-19-9-12-27(22(4)29(13-19)28-16-26(34)11-10-20(28)2)32-30(35)14-24(15-31(32)36)21(3)25-17-37(18-25)23(5)38-33(6,7)8;1-5-20(21,22)16-23-24(19(2,3)4,17-12-8-6-9-13-17)18-14-10-7-11-15-18;2*1-2/h10-11,14-16,19,21,25,27H,5,13,17-18H2,1-4,6-8H3;6-15H,5,16H2,1-4H3;2*1-2H3/t19-,21?,27-;;;/m0.../s1. The van der Waals surface area contributed by atoms with Crippen LogP contribution in [-0.2, 0) is 8.92 Å². The molecule has 3 atom stereocenters. The third-order valence-corrected chi connectivity index (χ3v) is 15.8. The molecule has 66 heavy (non-hydrogen) atoms. The van der Waals surface area contributed by atoms with Crippen LogP contribution in [0.15, 0.2) is 119 Å².